The molecular formula is C23H25N3O6. The molecule has 9 heteroatoms. The number of fused-ring (bicyclic) bond motifs is 2. The summed E-state index contributed by atoms with van der Waals surface area (Å²) in [4.78, 5) is 29.4. The van der Waals surface area contributed by atoms with Gasteiger partial charge in [-0.25, -0.2) is 0 Å². The number of rotatable bonds is 5. The number of nitrogens with one attached hydrogen (secondary N) is 1. The quantitative estimate of drug-likeness (QED) is 0.748. The maximum Gasteiger partial charge on any atom is 0.265 e. The number of nitrogens with zero attached hydrogens (tertiary/aromatic N) is 2. The number of ether oxygens (including phenoxy) is 4. The SMILES string of the molecule is O=C(CN1C[C@H](C(=O)N2CCOCC2)Oc2ccccc21)NCc1ccc2c(c1)OCO2. The maximum atomic E-state index is 13.0. The maximum absolute atomic E-state index is 13.0. The lowest BCUT2D eigenvalue weighted by molar-refractivity contribution is -0.142. The normalized spacial score (nSPS) is 19.2. The second-order valence-electron chi connectivity index (χ2n) is 7.86. The number of para-hydroxylation sites is 2. The lowest BCUT2D eigenvalue weighted by Gasteiger charge is -2.38. The molecule has 3 aliphatic rings. The van der Waals surface area contributed by atoms with Gasteiger partial charge < -0.3 is 34.1 Å². The van der Waals surface area contributed by atoms with Crippen molar-refractivity contribution < 1.29 is 28.5 Å². The van der Waals surface area contributed by atoms with E-state index in [0.29, 0.717) is 56.6 Å². The van der Waals surface area contributed by atoms with Gasteiger partial charge in [-0.3, -0.25) is 9.59 Å². The van der Waals surface area contributed by atoms with Gasteiger partial charge in [0.15, 0.2) is 17.6 Å². The number of morpholine rings is 1. The van der Waals surface area contributed by atoms with Crippen molar-refractivity contribution in [2.24, 2.45) is 0 Å². The Labute approximate surface area is 185 Å². The third kappa shape index (κ3) is 4.29. The van der Waals surface area contributed by atoms with Crippen LogP contribution in [0.3, 0.4) is 0 Å². The Morgan fingerprint density at radius 3 is 2.69 bits per heavy atom. The van der Waals surface area contributed by atoms with Crippen LogP contribution in [-0.4, -0.2) is 69.0 Å². The molecule has 0 aromatic heterocycles. The van der Waals surface area contributed by atoms with Crippen molar-refractivity contribution in [1.82, 2.24) is 10.2 Å². The standard InChI is InChI=1S/C23H25N3O6/c27-22(24-12-16-5-6-19-20(11-16)31-15-30-19)14-26-13-21(23(28)25-7-9-29-10-8-25)32-18-4-2-1-3-17(18)26/h1-6,11,21H,7-10,12-15H2,(H,24,27)/t21-/m1/s1. The summed E-state index contributed by atoms with van der Waals surface area (Å²) in [5.41, 5.74) is 1.72. The second-order valence-corrected chi connectivity index (χ2v) is 7.86. The predicted molar refractivity (Wildman–Crippen MR) is 115 cm³/mol. The highest BCUT2D eigenvalue weighted by Gasteiger charge is 2.34. The van der Waals surface area contributed by atoms with E-state index < -0.39 is 6.10 Å². The van der Waals surface area contributed by atoms with Crippen molar-refractivity contribution >= 4 is 17.5 Å². The van der Waals surface area contributed by atoms with Crippen molar-refractivity contribution in [1.29, 1.82) is 0 Å². The molecule has 3 heterocycles. The molecule has 32 heavy (non-hydrogen) atoms. The Balaban J connectivity index is 1.24. The van der Waals surface area contributed by atoms with Crippen LogP contribution in [0.2, 0.25) is 0 Å². The number of hydrogen-bond donors (Lipinski definition) is 1. The zero-order valence-electron chi connectivity index (χ0n) is 17.6. The van der Waals surface area contributed by atoms with Crippen LogP contribution >= 0.6 is 0 Å². The average molecular weight is 439 g/mol. The van der Waals surface area contributed by atoms with Crippen LogP contribution in [0.15, 0.2) is 42.5 Å². The first-order valence-electron chi connectivity index (χ1n) is 10.7. The molecule has 5 rings (SSSR count). The monoisotopic (exact) mass is 439 g/mol. The minimum absolute atomic E-state index is 0.0754. The van der Waals surface area contributed by atoms with Crippen LogP contribution in [0.25, 0.3) is 0 Å². The molecule has 3 aliphatic heterocycles. The van der Waals surface area contributed by atoms with Gasteiger partial charge in [-0.05, 0) is 29.8 Å². The highest BCUT2D eigenvalue weighted by molar-refractivity contribution is 5.86. The third-order valence-electron chi connectivity index (χ3n) is 5.72. The molecule has 2 amide bonds. The van der Waals surface area contributed by atoms with Gasteiger partial charge >= 0.3 is 0 Å². The molecule has 0 spiro atoms. The Morgan fingerprint density at radius 2 is 1.81 bits per heavy atom. The topological polar surface area (TPSA) is 89.6 Å². The summed E-state index contributed by atoms with van der Waals surface area (Å²) in [5, 5.41) is 2.95. The molecule has 1 saturated heterocycles. The minimum atomic E-state index is -0.662. The lowest BCUT2D eigenvalue weighted by atomic mass is 10.1. The molecule has 2 aromatic rings. The van der Waals surface area contributed by atoms with E-state index in [-0.39, 0.29) is 25.2 Å². The average Bonchev–Trinajstić information content (AvgIpc) is 3.31. The second kappa shape index (κ2) is 8.96. The molecule has 1 N–H and O–H groups in total. The van der Waals surface area contributed by atoms with Crippen LogP contribution < -0.4 is 24.4 Å². The van der Waals surface area contributed by atoms with Gasteiger partial charge in [-0.15, -0.1) is 0 Å². The Bertz CT molecular complexity index is 1010. The summed E-state index contributed by atoms with van der Waals surface area (Å²) in [6.45, 7) is 3.18. The fourth-order valence-electron chi connectivity index (χ4n) is 4.05. The van der Waals surface area contributed by atoms with Gasteiger partial charge in [0.25, 0.3) is 5.91 Å². The predicted octanol–water partition coefficient (Wildman–Crippen LogP) is 1.16. The van der Waals surface area contributed by atoms with Crippen LogP contribution in [0.4, 0.5) is 5.69 Å². The number of carbonyl (C=O) groups is 2. The molecule has 168 valence electrons. The molecule has 0 saturated carbocycles. The highest BCUT2D eigenvalue weighted by atomic mass is 16.7. The first-order valence-corrected chi connectivity index (χ1v) is 10.7. The summed E-state index contributed by atoms with van der Waals surface area (Å²) >= 11 is 0. The van der Waals surface area contributed by atoms with Crippen molar-refractivity contribution in [3.63, 3.8) is 0 Å². The first kappa shape index (κ1) is 20.4. The molecule has 1 atom stereocenters. The first-order chi connectivity index (χ1) is 15.7. The molecule has 9 nitrogen and oxygen atoms in total. The van der Waals surface area contributed by atoms with Gasteiger partial charge in [0, 0.05) is 19.6 Å². The molecular weight excluding hydrogens is 414 g/mol. The molecule has 0 aliphatic carbocycles. The molecule has 0 unspecified atom stereocenters. The summed E-state index contributed by atoms with van der Waals surface area (Å²) in [6.07, 6.45) is -0.662. The van der Waals surface area contributed by atoms with E-state index in [0.717, 1.165) is 11.3 Å². The van der Waals surface area contributed by atoms with E-state index in [1.807, 2.05) is 47.4 Å². The number of anilines is 1. The van der Waals surface area contributed by atoms with E-state index in [1.165, 1.54) is 0 Å². The van der Waals surface area contributed by atoms with Gasteiger partial charge in [0.1, 0.15) is 5.75 Å². The summed E-state index contributed by atoms with van der Waals surface area (Å²) in [5.74, 6) is 1.78. The zero-order chi connectivity index (χ0) is 21.9. The van der Waals surface area contributed by atoms with E-state index in [1.54, 1.807) is 4.90 Å². The van der Waals surface area contributed by atoms with Gasteiger partial charge in [0.05, 0.1) is 32.0 Å². The Kier molecular flexibility index (Phi) is 5.72. The van der Waals surface area contributed by atoms with Crippen molar-refractivity contribution in [2.75, 3.05) is 51.1 Å². The van der Waals surface area contributed by atoms with Crippen molar-refractivity contribution in [2.45, 2.75) is 12.6 Å². The summed E-state index contributed by atoms with van der Waals surface area (Å²) in [6, 6.07) is 13.1. The number of hydrogen-bond acceptors (Lipinski definition) is 7. The smallest absolute Gasteiger partial charge is 0.265 e. The van der Waals surface area contributed by atoms with E-state index in [9.17, 15) is 9.59 Å². The molecule has 2 aromatic carbocycles. The fourth-order valence-corrected chi connectivity index (χ4v) is 4.05. The molecule has 0 radical (unpaired) electrons. The van der Waals surface area contributed by atoms with Gasteiger partial charge in [-0.1, -0.05) is 18.2 Å². The zero-order valence-corrected chi connectivity index (χ0v) is 17.6. The van der Waals surface area contributed by atoms with E-state index >= 15 is 0 Å². The van der Waals surface area contributed by atoms with Crippen LogP contribution in [-0.2, 0) is 20.9 Å². The largest absolute Gasteiger partial charge is 0.477 e. The van der Waals surface area contributed by atoms with Crippen LogP contribution in [0.5, 0.6) is 17.2 Å². The number of carbonyl (C=O) groups excluding carboxylic acids is 2. The molecule has 1 fully saturated rings. The van der Waals surface area contributed by atoms with Crippen molar-refractivity contribution in [3.8, 4) is 17.2 Å². The van der Waals surface area contributed by atoms with E-state index in [4.69, 9.17) is 18.9 Å². The number of benzene rings is 2. The lowest BCUT2D eigenvalue weighted by Crippen LogP contribution is -2.54. The van der Waals surface area contributed by atoms with Crippen LogP contribution in [0.1, 0.15) is 5.56 Å². The summed E-state index contributed by atoms with van der Waals surface area (Å²) < 4.78 is 22.1. The number of amides is 2. The van der Waals surface area contributed by atoms with Gasteiger partial charge in [0.2, 0.25) is 12.7 Å². The minimum Gasteiger partial charge on any atom is -0.477 e. The Hall–Kier alpha value is -3.46. The van der Waals surface area contributed by atoms with Crippen molar-refractivity contribution in [3.05, 3.63) is 48.0 Å². The summed E-state index contributed by atoms with van der Waals surface area (Å²) in [7, 11) is 0. The highest BCUT2D eigenvalue weighted by Crippen LogP contribution is 2.34. The fraction of sp³-hybridized carbons (Fsp3) is 0.391. The van der Waals surface area contributed by atoms with E-state index in [2.05, 4.69) is 5.32 Å². The van der Waals surface area contributed by atoms with Gasteiger partial charge in [-0.2, -0.15) is 0 Å². The van der Waals surface area contributed by atoms with Crippen LogP contribution in [0, 0.1) is 0 Å². The Morgan fingerprint density at radius 1 is 1.00 bits per heavy atom. The molecule has 0 bridgehead atoms. The third-order valence-corrected chi connectivity index (χ3v) is 5.72.